The maximum atomic E-state index is 12.6. The van der Waals surface area contributed by atoms with Crippen LogP contribution in [0, 0.1) is 50.2 Å². The SMILES string of the molecule is CC1(C)C(O[C@@H]2OC[C@H](O[C@@H]3O[C@H](CO)[C@@H](O)[C@H](O)[C@H]3O[C@@H]3OC[C@@H](O)[C@H](O)[C@H]3O)[C@H](O)[C@H]2O[C@@H]2O[C@H](CO)[C@@H](O)[C@H](O)[C@H]2O)CC[C@]2(C)[C@H]3CC[C@]45OC[C@@]6(CC[C@](C)(C=O)C[C@H]64)[C@H](O)C[C@@]5(C)[C@]3(C)CC[C@@H]12. The molecule has 29 atom stereocenters. The highest BCUT2D eigenvalue weighted by atomic mass is 16.8. The summed E-state index contributed by atoms with van der Waals surface area (Å²) in [6, 6.07) is 0. The Kier molecular flexibility index (Phi) is 15.0. The second kappa shape index (κ2) is 19.8. The molecule has 5 aliphatic heterocycles. The molecule has 1 unspecified atom stereocenters. The van der Waals surface area contributed by atoms with Crippen LogP contribution in [0.1, 0.15) is 106 Å². The third-order valence-corrected chi connectivity index (χ3v) is 22.0. The molecule has 10 fully saturated rings. The number of carbonyl (C=O) groups excluding carboxylic acids is 1. The molecule has 5 heterocycles. The molecule has 0 aromatic carbocycles. The van der Waals surface area contributed by atoms with E-state index in [1.807, 2.05) is 0 Å². The van der Waals surface area contributed by atoms with Crippen molar-refractivity contribution in [3.05, 3.63) is 0 Å². The van der Waals surface area contributed by atoms with Gasteiger partial charge in [-0.05, 0) is 98.2 Å². The van der Waals surface area contributed by atoms with Gasteiger partial charge >= 0.3 is 0 Å². The first-order valence-corrected chi connectivity index (χ1v) is 27.1. The summed E-state index contributed by atoms with van der Waals surface area (Å²) in [6.45, 7) is 11.7. The van der Waals surface area contributed by atoms with Crippen molar-refractivity contribution in [1.29, 1.82) is 0 Å². The second-order valence-corrected chi connectivity index (χ2v) is 25.8. The summed E-state index contributed by atoms with van der Waals surface area (Å²) >= 11 is 0. The van der Waals surface area contributed by atoms with E-state index in [1.54, 1.807) is 0 Å². The molecule has 424 valence electrons. The summed E-state index contributed by atoms with van der Waals surface area (Å²) in [7, 11) is 0. The lowest BCUT2D eigenvalue weighted by atomic mass is 9.30. The van der Waals surface area contributed by atoms with Crippen molar-refractivity contribution in [1.82, 2.24) is 0 Å². The van der Waals surface area contributed by atoms with Gasteiger partial charge in [-0.3, -0.25) is 0 Å². The van der Waals surface area contributed by atoms with Crippen LogP contribution in [-0.2, 0) is 47.4 Å². The Morgan fingerprint density at radius 3 is 1.86 bits per heavy atom. The van der Waals surface area contributed by atoms with Crippen LogP contribution >= 0.6 is 0 Å². The Morgan fingerprint density at radius 1 is 0.554 bits per heavy atom. The number of aliphatic hydroxyl groups excluding tert-OH is 12. The molecule has 22 nitrogen and oxygen atoms in total. The molecule has 0 aromatic rings. The Bertz CT molecular complexity index is 2020. The molecule has 5 aliphatic carbocycles. The van der Waals surface area contributed by atoms with Crippen LogP contribution in [0.4, 0.5) is 0 Å². The molecule has 5 saturated heterocycles. The van der Waals surface area contributed by atoms with Crippen molar-refractivity contribution < 1.29 is 109 Å². The Hall–Kier alpha value is -1.17. The standard InChI is InChI=1S/C52H84O22/c1-46(2)27-7-11-49(5)28(8-12-52-29-15-47(3,21-55)13-14-51(29,22-68-52)30(57)16-50(49,52)6)48(27,4)10-9-31(46)72-44-40(74-43-39(65)36(62)33(59)24(17-53)69-43)35(61)26(20-67-44)71-45-41(37(63)34(60)25(18-54)70-45)73-42-38(64)32(58)23(56)19-66-42/h21,23-45,53-54,56-65H,7-20,22H2,1-6H3/t23-,24-,25-,26+,27+,28-,29-,30-,31?,32+,33-,34-,35+,36+,37+,38-,39-,40-,41-,42+,43+,44+,45+,47+,48+,49-,50+,51-,52+/m1/s1. The molecule has 12 N–H and O–H groups in total. The van der Waals surface area contributed by atoms with Gasteiger partial charge in [0.25, 0.3) is 0 Å². The van der Waals surface area contributed by atoms with Gasteiger partial charge in [-0.15, -0.1) is 0 Å². The summed E-state index contributed by atoms with van der Waals surface area (Å²) in [5.74, 6) is 0.456. The number of carbonyl (C=O) groups is 1. The third kappa shape index (κ3) is 8.31. The van der Waals surface area contributed by atoms with Crippen molar-refractivity contribution in [3.8, 4) is 0 Å². The highest BCUT2D eigenvalue weighted by Gasteiger charge is 2.80. The van der Waals surface area contributed by atoms with Crippen molar-refractivity contribution in [2.24, 2.45) is 50.2 Å². The molecule has 0 aromatic heterocycles. The van der Waals surface area contributed by atoms with Gasteiger partial charge in [0.15, 0.2) is 25.2 Å². The monoisotopic (exact) mass is 1060 g/mol. The van der Waals surface area contributed by atoms with Crippen molar-refractivity contribution in [3.63, 3.8) is 0 Å². The van der Waals surface area contributed by atoms with Crippen molar-refractivity contribution >= 4 is 6.29 Å². The lowest BCUT2D eigenvalue weighted by Crippen LogP contribution is -2.74. The maximum absolute atomic E-state index is 12.6. The predicted molar refractivity (Wildman–Crippen MR) is 251 cm³/mol. The number of hydrogen-bond donors (Lipinski definition) is 12. The van der Waals surface area contributed by atoms with Crippen molar-refractivity contribution in [2.45, 2.75) is 234 Å². The van der Waals surface area contributed by atoms with E-state index in [0.717, 1.165) is 51.2 Å². The molecular weight excluding hydrogens is 977 g/mol. The molecule has 2 bridgehead atoms. The fraction of sp³-hybridized carbons (Fsp3) is 0.981. The number of hydrogen-bond acceptors (Lipinski definition) is 22. The molecule has 22 heteroatoms. The van der Waals surface area contributed by atoms with E-state index in [1.165, 1.54) is 0 Å². The average Bonchev–Trinajstić information content (AvgIpc) is 3.65. The van der Waals surface area contributed by atoms with Crippen LogP contribution in [0.5, 0.6) is 0 Å². The maximum Gasteiger partial charge on any atom is 0.187 e. The van der Waals surface area contributed by atoms with Gasteiger partial charge in [0.05, 0.1) is 50.8 Å². The van der Waals surface area contributed by atoms with Crippen LogP contribution in [-0.4, -0.2) is 229 Å². The van der Waals surface area contributed by atoms with Crippen LogP contribution < -0.4 is 0 Å². The normalized spacial score (nSPS) is 58.1. The number of aliphatic hydroxyl groups is 12. The Labute approximate surface area is 431 Å². The zero-order valence-electron chi connectivity index (χ0n) is 43.4. The average molecular weight is 1060 g/mol. The van der Waals surface area contributed by atoms with E-state index in [4.69, 9.17) is 42.6 Å². The minimum Gasteiger partial charge on any atom is -0.394 e. The minimum absolute atomic E-state index is 0.0727. The van der Waals surface area contributed by atoms with Crippen LogP contribution in [0.25, 0.3) is 0 Å². The molecule has 10 rings (SSSR count). The largest absolute Gasteiger partial charge is 0.394 e. The highest BCUT2D eigenvalue weighted by molar-refractivity contribution is 5.59. The quantitative estimate of drug-likeness (QED) is 0.0795. The number of ether oxygens (including phenoxy) is 9. The molecule has 0 amide bonds. The topological polar surface area (TPSA) is 343 Å². The molecular formula is C52H84O22. The number of fused-ring (bicyclic) bond motifs is 4. The Morgan fingerprint density at radius 2 is 1.18 bits per heavy atom. The minimum atomic E-state index is -1.89. The van der Waals surface area contributed by atoms with E-state index in [-0.39, 0.29) is 39.4 Å². The van der Waals surface area contributed by atoms with Gasteiger partial charge in [-0.25, -0.2) is 0 Å². The molecule has 10 aliphatic rings. The van der Waals surface area contributed by atoms with Crippen molar-refractivity contribution in [2.75, 3.05) is 33.0 Å². The third-order valence-electron chi connectivity index (χ3n) is 22.0. The lowest BCUT2D eigenvalue weighted by Gasteiger charge is -2.75. The second-order valence-electron chi connectivity index (χ2n) is 25.8. The lowest BCUT2D eigenvalue weighted by molar-refractivity contribution is -0.392. The fourth-order valence-electron chi connectivity index (χ4n) is 17.4. The number of aldehydes is 1. The van der Waals surface area contributed by atoms with Gasteiger partial charge in [-0.2, -0.15) is 0 Å². The van der Waals surface area contributed by atoms with E-state index >= 15 is 0 Å². The predicted octanol–water partition coefficient (Wildman–Crippen LogP) is -1.89. The molecule has 5 saturated carbocycles. The molecule has 74 heavy (non-hydrogen) atoms. The van der Waals surface area contributed by atoms with Crippen LogP contribution in [0.3, 0.4) is 0 Å². The van der Waals surface area contributed by atoms with Crippen LogP contribution in [0.2, 0.25) is 0 Å². The fourth-order valence-corrected chi connectivity index (χ4v) is 17.4. The Balaban J connectivity index is 0.901. The zero-order valence-corrected chi connectivity index (χ0v) is 43.4. The zero-order chi connectivity index (χ0) is 53.5. The van der Waals surface area contributed by atoms with E-state index in [9.17, 15) is 66.1 Å². The summed E-state index contributed by atoms with van der Waals surface area (Å²) in [5, 5.41) is 130. The molecule has 0 radical (unpaired) electrons. The van der Waals surface area contributed by atoms with E-state index in [0.29, 0.717) is 25.9 Å². The van der Waals surface area contributed by atoms with Gasteiger partial charge in [-0.1, -0.05) is 41.5 Å². The summed E-state index contributed by atoms with van der Waals surface area (Å²) < 4.78 is 55.9. The highest BCUT2D eigenvalue weighted by Crippen LogP contribution is 2.80. The van der Waals surface area contributed by atoms with Gasteiger partial charge < -0.3 is 109 Å². The number of rotatable bonds is 11. The summed E-state index contributed by atoms with van der Waals surface area (Å²) in [5.41, 5.74) is -2.57. The first-order chi connectivity index (χ1) is 34.8. The summed E-state index contributed by atoms with van der Waals surface area (Å²) in [6.07, 6.45) is -22.1. The molecule has 1 spiro atoms. The first-order valence-electron chi connectivity index (χ1n) is 27.1. The van der Waals surface area contributed by atoms with Gasteiger partial charge in [0.1, 0.15) is 91.7 Å². The van der Waals surface area contributed by atoms with Gasteiger partial charge in [0.2, 0.25) is 0 Å². The first kappa shape index (κ1) is 56.1. The van der Waals surface area contributed by atoms with Crippen LogP contribution in [0.15, 0.2) is 0 Å². The summed E-state index contributed by atoms with van der Waals surface area (Å²) in [4.78, 5) is 12.6. The van der Waals surface area contributed by atoms with E-state index in [2.05, 4.69) is 41.5 Å². The van der Waals surface area contributed by atoms with E-state index < -0.39 is 166 Å². The smallest absolute Gasteiger partial charge is 0.187 e. The van der Waals surface area contributed by atoms with Gasteiger partial charge in [0, 0.05) is 16.2 Å².